The molecule has 1 unspecified atom stereocenters. The van der Waals surface area contributed by atoms with E-state index >= 15 is 0 Å². The van der Waals surface area contributed by atoms with Crippen molar-refractivity contribution in [2.75, 3.05) is 0 Å². The quantitative estimate of drug-likeness (QED) is 0.193. The second kappa shape index (κ2) is 10.7. The first kappa shape index (κ1) is 25.4. The van der Waals surface area contributed by atoms with Crippen LogP contribution in [0.4, 0.5) is 0 Å². The summed E-state index contributed by atoms with van der Waals surface area (Å²) in [5.41, 5.74) is -2.18. The van der Waals surface area contributed by atoms with Crippen LogP contribution in [0.25, 0.3) is 0 Å². The van der Waals surface area contributed by atoms with Gasteiger partial charge in [-0.25, -0.2) is 19.6 Å². The molecule has 0 aliphatic carbocycles. The first-order chi connectivity index (χ1) is 11.7. The fourth-order valence-electron chi connectivity index (χ4n) is 1.94. The summed E-state index contributed by atoms with van der Waals surface area (Å²) in [6, 6.07) is 0. The average molecular weight is 371 g/mol. The van der Waals surface area contributed by atoms with Gasteiger partial charge in [0.15, 0.2) is 11.2 Å². The molecule has 26 heavy (non-hydrogen) atoms. The maximum atomic E-state index is 5.77. The van der Waals surface area contributed by atoms with Gasteiger partial charge in [-0.15, -0.1) is 0 Å². The van der Waals surface area contributed by atoms with Crippen molar-refractivity contribution in [1.82, 2.24) is 0 Å². The summed E-state index contributed by atoms with van der Waals surface area (Å²) in [5.74, 6) is 6.39. The normalized spacial score (nSPS) is 15.3. The van der Waals surface area contributed by atoms with Gasteiger partial charge in [0.1, 0.15) is 0 Å². The van der Waals surface area contributed by atoms with Crippen LogP contribution in [-0.4, -0.2) is 22.4 Å². The first-order valence-electron chi connectivity index (χ1n) is 9.96. The zero-order chi connectivity index (χ0) is 20.5. The van der Waals surface area contributed by atoms with Crippen LogP contribution < -0.4 is 0 Å². The second-order valence-electron chi connectivity index (χ2n) is 9.71. The third-order valence-corrected chi connectivity index (χ3v) is 3.36. The highest BCUT2D eigenvalue weighted by atomic mass is 17.2. The van der Waals surface area contributed by atoms with Crippen molar-refractivity contribution in [3.05, 3.63) is 0 Å². The molecule has 0 fully saturated rings. The van der Waals surface area contributed by atoms with Crippen molar-refractivity contribution in [2.24, 2.45) is 0 Å². The lowest BCUT2D eigenvalue weighted by Gasteiger charge is -2.29. The van der Waals surface area contributed by atoms with Crippen molar-refractivity contribution in [2.45, 2.75) is 130 Å². The molecule has 0 saturated heterocycles. The van der Waals surface area contributed by atoms with Gasteiger partial charge in [-0.3, -0.25) is 0 Å². The maximum absolute atomic E-state index is 5.77. The molecule has 0 aliphatic heterocycles. The van der Waals surface area contributed by atoms with Gasteiger partial charge in [-0.2, -0.15) is 0 Å². The van der Waals surface area contributed by atoms with Crippen molar-refractivity contribution in [3.8, 4) is 11.8 Å². The second-order valence-corrected chi connectivity index (χ2v) is 9.71. The van der Waals surface area contributed by atoms with E-state index in [0.29, 0.717) is 0 Å². The van der Waals surface area contributed by atoms with Crippen LogP contribution in [-0.2, 0) is 19.6 Å². The largest absolute Gasteiger partial charge is 0.229 e. The zero-order valence-electron chi connectivity index (χ0n) is 18.9. The topological polar surface area (TPSA) is 36.9 Å². The van der Waals surface area contributed by atoms with Crippen LogP contribution in [0.15, 0.2) is 0 Å². The SMILES string of the molecule is CCCCCCCC(C)(C#CC(C)(C)OOC(C)(C)C)OOC(C)(C)C. The van der Waals surface area contributed by atoms with Gasteiger partial charge in [0.2, 0.25) is 0 Å². The standard InChI is InChI=1S/C22H42O4/c1-11-12-13-14-15-16-22(10,26-24-20(5,6)7)18-17-21(8,9)25-23-19(2,3)4/h11-16H2,1-10H3. The fourth-order valence-corrected chi connectivity index (χ4v) is 1.94. The van der Waals surface area contributed by atoms with E-state index in [4.69, 9.17) is 19.6 Å². The highest BCUT2D eigenvalue weighted by molar-refractivity contribution is 5.19. The molecule has 0 rings (SSSR count). The number of unbranched alkanes of at least 4 members (excludes halogenated alkanes) is 4. The minimum absolute atomic E-state index is 0.382. The van der Waals surface area contributed by atoms with Gasteiger partial charge in [-0.05, 0) is 75.2 Å². The van der Waals surface area contributed by atoms with Crippen molar-refractivity contribution >= 4 is 0 Å². The van der Waals surface area contributed by atoms with Crippen LogP contribution in [0.5, 0.6) is 0 Å². The molecule has 0 radical (unpaired) electrons. The zero-order valence-corrected chi connectivity index (χ0v) is 18.9. The van der Waals surface area contributed by atoms with Gasteiger partial charge in [0.25, 0.3) is 0 Å². The van der Waals surface area contributed by atoms with E-state index in [1.807, 2.05) is 62.3 Å². The first-order valence-corrected chi connectivity index (χ1v) is 9.96. The molecule has 0 amide bonds. The Balaban J connectivity index is 4.98. The minimum Gasteiger partial charge on any atom is -0.229 e. The Hall–Kier alpha value is -0.600. The Labute approximate surface area is 162 Å². The van der Waals surface area contributed by atoms with Crippen molar-refractivity contribution < 1.29 is 19.6 Å². The molecule has 0 aromatic carbocycles. The lowest BCUT2D eigenvalue weighted by molar-refractivity contribution is -0.390. The molecule has 0 aromatic heterocycles. The lowest BCUT2D eigenvalue weighted by atomic mass is 9.97. The Kier molecular flexibility index (Phi) is 10.4. The summed E-state index contributed by atoms with van der Waals surface area (Å²) < 4.78 is 0. The van der Waals surface area contributed by atoms with Gasteiger partial charge < -0.3 is 0 Å². The van der Waals surface area contributed by atoms with E-state index in [0.717, 1.165) is 12.8 Å². The van der Waals surface area contributed by atoms with Gasteiger partial charge in [0, 0.05) is 0 Å². The average Bonchev–Trinajstić information content (AvgIpc) is 2.48. The molecule has 0 aromatic rings. The fraction of sp³-hybridized carbons (Fsp3) is 0.909. The van der Waals surface area contributed by atoms with Crippen molar-refractivity contribution in [1.29, 1.82) is 0 Å². The highest BCUT2D eigenvalue weighted by Crippen LogP contribution is 2.24. The smallest absolute Gasteiger partial charge is 0.161 e. The van der Waals surface area contributed by atoms with Crippen LogP contribution >= 0.6 is 0 Å². The van der Waals surface area contributed by atoms with Gasteiger partial charge >= 0.3 is 0 Å². The third-order valence-electron chi connectivity index (χ3n) is 3.36. The van der Waals surface area contributed by atoms with Crippen LogP contribution in [0, 0.1) is 11.8 Å². The number of hydrogen-bond acceptors (Lipinski definition) is 4. The number of hydrogen-bond donors (Lipinski definition) is 0. The Morgan fingerprint density at radius 1 is 0.577 bits per heavy atom. The monoisotopic (exact) mass is 370 g/mol. The molecule has 0 saturated carbocycles. The Morgan fingerprint density at radius 2 is 1.08 bits per heavy atom. The van der Waals surface area contributed by atoms with E-state index in [1.165, 1.54) is 25.7 Å². The molecule has 0 bridgehead atoms. The predicted octanol–water partition coefficient (Wildman–Crippen LogP) is 6.38. The molecule has 0 spiro atoms. The Bertz CT molecular complexity index is 445. The summed E-state index contributed by atoms with van der Waals surface area (Å²) in [7, 11) is 0. The van der Waals surface area contributed by atoms with Crippen LogP contribution in [0.2, 0.25) is 0 Å². The highest BCUT2D eigenvalue weighted by Gasteiger charge is 2.28. The minimum atomic E-state index is -0.734. The van der Waals surface area contributed by atoms with E-state index in [1.54, 1.807) is 0 Å². The van der Waals surface area contributed by atoms with Crippen molar-refractivity contribution in [3.63, 3.8) is 0 Å². The Morgan fingerprint density at radius 3 is 1.58 bits per heavy atom. The summed E-state index contributed by atoms with van der Waals surface area (Å²) >= 11 is 0. The molecule has 0 aliphatic rings. The molecule has 154 valence electrons. The molecular formula is C22H42O4. The predicted molar refractivity (Wildman–Crippen MR) is 107 cm³/mol. The molecule has 4 nitrogen and oxygen atoms in total. The lowest BCUT2D eigenvalue weighted by Crippen LogP contribution is -2.34. The summed E-state index contributed by atoms with van der Waals surface area (Å²) in [6.45, 7) is 19.7. The van der Waals surface area contributed by atoms with Crippen LogP contribution in [0.3, 0.4) is 0 Å². The van der Waals surface area contributed by atoms with E-state index < -0.39 is 11.2 Å². The van der Waals surface area contributed by atoms with E-state index in [9.17, 15) is 0 Å². The molecule has 1 atom stereocenters. The van der Waals surface area contributed by atoms with Crippen LogP contribution in [0.1, 0.15) is 108 Å². The summed E-state index contributed by atoms with van der Waals surface area (Å²) in [4.78, 5) is 22.3. The van der Waals surface area contributed by atoms with E-state index in [-0.39, 0.29) is 11.2 Å². The summed E-state index contributed by atoms with van der Waals surface area (Å²) in [6.07, 6.45) is 6.80. The third kappa shape index (κ3) is 14.6. The molecule has 0 heterocycles. The van der Waals surface area contributed by atoms with Gasteiger partial charge in [-0.1, -0.05) is 44.4 Å². The molecule has 4 heteroatoms. The maximum Gasteiger partial charge on any atom is 0.161 e. The number of rotatable bonds is 10. The molecular weight excluding hydrogens is 328 g/mol. The van der Waals surface area contributed by atoms with Gasteiger partial charge in [0.05, 0.1) is 11.2 Å². The molecule has 0 N–H and O–H groups in total. The summed E-state index contributed by atoms with van der Waals surface area (Å²) in [5, 5.41) is 0. The van der Waals surface area contributed by atoms with E-state index in [2.05, 4.69) is 18.8 Å².